The summed E-state index contributed by atoms with van der Waals surface area (Å²) in [5.74, 6) is 0.522. The predicted octanol–water partition coefficient (Wildman–Crippen LogP) is 2.93. The summed E-state index contributed by atoms with van der Waals surface area (Å²) < 4.78 is 5.73. The van der Waals surface area contributed by atoms with E-state index >= 15 is 0 Å². The minimum atomic E-state index is 0.522. The molecule has 1 fully saturated rings. The molecule has 0 aliphatic carbocycles. The topological polar surface area (TPSA) is 34.1 Å². The molecule has 17 heavy (non-hydrogen) atoms. The van der Waals surface area contributed by atoms with Gasteiger partial charge in [-0.25, -0.2) is 4.98 Å². The van der Waals surface area contributed by atoms with Gasteiger partial charge in [0.2, 0.25) is 0 Å². The van der Waals surface area contributed by atoms with Crippen LogP contribution in [0, 0.1) is 0 Å². The number of nitrogens with zero attached hydrogens (tertiary/aromatic N) is 1. The van der Waals surface area contributed by atoms with Gasteiger partial charge in [0.25, 0.3) is 0 Å². The highest BCUT2D eigenvalue weighted by atomic mass is 32.1. The molecule has 0 bridgehead atoms. The van der Waals surface area contributed by atoms with Gasteiger partial charge in [-0.05, 0) is 19.4 Å². The van der Waals surface area contributed by atoms with Gasteiger partial charge in [0.15, 0.2) is 0 Å². The van der Waals surface area contributed by atoms with E-state index in [2.05, 4.69) is 29.5 Å². The van der Waals surface area contributed by atoms with Crippen molar-refractivity contribution in [2.75, 3.05) is 13.2 Å². The van der Waals surface area contributed by atoms with Crippen molar-refractivity contribution in [3.63, 3.8) is 0 Å². The maximum absolute atomic E-state index is 5.73. The normalized spacial score (nSPS) is 21.0. The summed E-state index contributed by atoms with van der Waals surface area (Å²) >= 11 is 1.74. The Morgan fingerprint density at radius 1 is 1.53 bits per heavy atom. The summed E-state index contributed by atoms with van der Waals surface area (Å²) in [6.45, 7) is 6.96. The minimum Gasteiger partial charge on any atom is -0.374 e. The van der Waals surface area contributed by atoms with Crippen LogP contribution in [0.1, 0.15) is 49.7 Å². The summed E-state index contributed by atoms with van der Waals surface area (Å²) in [5, 5.41) is 6.81. The molecule has 3 nitrogen and oxygen atoms in total. The summed E-state index contributed by atoms with van der Waals surface area (Å²) in [6, 6.07) is 0.548. The summed E-state index contributed by atoms with van der Waals surface area (Å²) in [7, 11) is 0. The van der Waals surface area contributed by atoms with Gasteiger partial charge in [-0.15, -0.1) is 11.3 Å². The zero-order chi connectivity index (χ0) is 12.1. The molecule has 0 spiro atoms. The second-order valence-corrected chi connectivity index (χ2v) is 5.88. The van der Waals surface area contributed by atoms with Crippen LogP contribution < -0.4 is 5.32 Å². The van der Waals surface area contributed by atoms with Crippen molar-refractivity contribution in [3.05, 3.63) is 16.1 Å². The molecule has 1 unspecified atom stereocenters. The van der Waals surface area contributed by atoms with Gasteiger partial charge >= 0.3 is 0 Å². The van der Waals surface area contributed by atoms with E-state index in [4.69, 9.17) is 4.74 Å². The SMILES string of the molecule is CC(C)c1nc(COCC2CCCCN2)cs1. The summed E-state index contributed by atoms with van der Waals surface area (Å²) in [6.07, 6.45) is 3.88. The molecule has 0 amide bonds. The third kappa shape index (κ3) is 4.05. The second-order valence-electron chi connectivity index (χ2n) is 4.99. The molecule has 1 saturated heterocycles. The fourth-order valence-corrected chi connectivity index (χ4v) is 2.85. The highest BCUT2D eigenvalue weighted by Crippen LogP contribution is 2.19. The average molecular weight is 254 g/mol. The van der Waals surface area contributed by atoms with Crippen LogP contribution in [0.5, 0.6) is 0 Å². The first kappa shape index (κ1) is 13.0. The van der Waals surface area contributed by atoms with Gasteiger partial charge in [0.05, 0.1) is 23.9 Å². The molecule has 0 saturated carbocycles. The molecule has 1 aliphatic heterocycles. The van der Waals surface area contributed by atoms with Gasteiger partial charge in [-0.3, -0.25) is 0 Å². The Hall–Kier alpha value is -0.450. The molecule has 1 aromatic heterocycles. The molecule has 0 aromatic carbocycles. The fraction of sp³-hybridized carbons (Fsp3) is 0.769. The lowest BCUT2D eigenvalue weighted by molar-refractivity contribution is 0.0893. The van der Waals surface area contributed by atoms with Crippen LogP contribution in [0.2, 0.25) is 0 Å². The first-order valence-electron chi connectivity index (χ1n) is 6.51. The molecule has 1 N–H and O–H groups in total. The monoisotopic (exact) mass is 254 g/mol. The quantitative estimate of drug-likeness (QED) is 0.877. The van der Waals surface area contributed by atoms with E-state index < -0.39 is 0 Å². The van der Waals surface area contributed by atoms with Crippen molar-refractivity contribution < 1.29 is 4.74 Å². The first-order chi connectivity index (χ1) is 8.25. The predicted molar refractivity (Wildman–Crippen MR) is 71.5 cm³/mol. The summed E-state index contributed by atoms with van der Waals surface area (Å²) in [4.78, 5) is 4.57. The van der Waals surface area contributed by atoms with E-state index in [1.807, 2.05) is 0 Å². The van der Waals surface area contributed by atoms with E-state index in [1.165, 1.54) is 24.3 Å². The Kier molecular flexibility index (Phi) is 4.95. The first-order valence-corrected chi connectivity index (χ1v) is 7.39. The van der Waals surface area contributed by atoms with E-state index in [0.29, 0.717) is 18.6 Å². The fourth-order valence-electron chi connectivity index (χ4n) is 2.03. The molecular formula is C13H22N2OS. The molecule has 4 heteroatoms. The van der Waals surface area contributed by atoms with E-state index in [0.717, 1.165) is 18.8 Å². The highest BCUT2D eigenvalue weighted by Gasteiger charge is 2.12. The molecule has 2 rings (SSSR count). The van der Waals surface area contributed by atoms with Gasteiger partial charge < -0.3 is 10.1 Å². The molecule has 96 valence electrons. The van der Waals surface area contributed by atoms with E-state index in [-0.39, 0.29) is 0 Å². The van der Waals surface area contributed by atoms with Crippen LogP contribution in [-0.2, 0) is 11.3 Å². The summed E-state index contributed by atoms with van der Waals surface area (Å²) in [5.41, 5.74) is 1.08. The Morgan fingerprint density at radius 3 is 3.06 bits per heavy atom. The van der Waals surface area contributed by atoms with Gasteiger partial charge in [-0.2, -0.15) is 0 Å². The number of thiazole rings is 1. The number of nitrogens with one attached hydrogen (secondary N) is 1. The Balaban J connectivity index is 1.70. The Morgan fingerprint density at radius 2 is 2.41 bits per heavy atom. The molecule has 0 radical (unpaired) electrons. The number of aromatic nitrogens is 1. The Bertz CT molecular complexity index is 332. The lowest BCUT2D eigenvalue weighted by Gasteiger charge is -2.22. The maximum Gasteiger partial charge on any atom is 0.0954 e. The van der Waals surface area contributed by atoms with Crippen molar-refractivity contribution in [1.82, 2.24) is 10.3 Å². The molecule has 2 heterocycles. The van der Waals surface area contributed by atoms with Crippen molar-refractivity contribution in [2.45, 2.75) is 51.7 Å². The van der Waals surface area contributed by atoms with Crippen LogP contribution in [-0.4, -0.2) is 24.2 Å². The molecular weight excluding hydrogens is 232 g/mol. The standard InChI is InChI=1S/C13H22N2OS/c1-10(2)13-15-12(9-17-13)8-16-7-11-5-3-4-6-14-11/h9-11,14H,3-8H2,1-2H3. The zero-order valence-corrected chi connectivity index (χ0v) is 11.6. The van der Waals surface area contributed by atoms with Crippen LogP contribution in [0.4, 0.5) is 0 Å². The molecule has 1 atom stereocenters. The third-order valence-electron chi connectivity index (χ3n) is 3.04. The van der Waals surface area contributed by atoms with Crippen molar-refractivity contribution in [1.29, 1.82) is 0 Å². The molecule has 1 aromatic rings. The van der Waals surface area contributed by atoms with E-state index in [9.17, 15) is 0 Å². The number of rotatable bonds is 5. The number of hydrogen-bond acceptors (Lipinski definition) is 4. The zero-order valence-electron chi connectivity index (χ0n) is 10.7. The number of piperidine rings is 1. The highest BCUT2D eigenvalue weighted by molar-refractivity contribution is 7.09. The number of hydrogen-bond donors (Lipinski definition) is 1. The van der Waals surface area contributed by atoms with Crippen LogP contribution in [0.25, 0.3) is 0 Å². The smallest absolute Gasteiger partial charge is 0.0954 e. The van der Waals surface area contributed by atoms with Crippen LogP contribution in [0.3, 0.4) is 0 Å². The van der Waals surface area contributed by atoms with E-state index in [1.54, 1.807) is 11.3 Å². The largest absolute Gasteiger partial charge is 0.374 e. The Labute approximate surface area is 108 Å². The molecule has 1 aliphatic rings. The lowest BCUT2D eigenvalue weighted by atomic mass is 10.1. The van der Waals surface area contributed by atoms with Crippen molar-refractivity contribution in [3.8, 4) is 0 Å². The average Bonchev–Trinajstić information content (AvgIpc) is 2.79. The lowest BCUT2D eigenvalue weighted by Crippen LogP contribution is -2.37. The van der Waals surface area contributed by atoms with Gasteiger partial charge in [-0.1, -0.05) is 20.3 Å². The maximum atomic E-state index is 5.73. The second kappa shape index (κ2) is 6.47. The van der Waals surface area contributed by atoms with Crippen LogP contribution in [0.15, 0.2) is 5.38 Å². The number of ether oxygens (including phenoxy) is 1. The van der Waals surface area contributed by atoms with Gasteiger partial charge in [0.1, 0.15) is 0 Å². The third-order valence-corrected chi connectivity index (χ3v) is 4.24. The van der Waals surface area contributed by atoms with Crippen molar-refractivity contribution >= 4 is 11.3 Å². The van der Waals surface area contributed by atoms with Crippen molar-refractivity contribution in [2.24, 2.45) is 0 Å². The van der Waals surface area contributed by atoms with Crippen LogP contribution >= 0.6 is 11.3 Å². The minimum absolute atomic E-state index is 0.522. The van der Waals surface area contributed by atoms with Gasteiger partial charge in [0, 0.05) is 17.3 Å².